The highest BCUT2D eigenvalue weighted by Crippen LogP contribution is 2.27. The molecule has 0 saturated carbocycles. The standard InChI is InChI=1S/C30H34N2O5/c1-5-6-17-35-25-14-10-24(11-15-25)30(34)37-26-12-8-23(9-13-26)19-31-32-29(33)20-36-28-18-22(4)7-16-27(28)21(2)3/h7-16,18-19,21H,5-6,17,20H2,1-4H3,(H,32,33)/b31-19-. The summed E-state index contributed by atoms with van der Waals surface area (Å²) < 4.78 is 16.8. The van der Waals surface area contributed by atoms with Crippen LogP contribution in [-0.2, 0) is 4.79 Å². The van der Waals surface area contributed by atoms with Gasteiger partial charge >= 0.3 is 5.97 Å². The number of amides is 1. The van der Waals surface area contributed by atoms with Gasteiger partial charge in [0.05, 0.1) is 18.4 Å². The fourth-order valence-corrected chi connectivity index (χ4v) is 3.41. The van der Waals surface area contributed by atoms with Gasteiger partial charge in [0, 0.05) is 0 Å². The summed E-state index contributed by atoms with van der Waals surface area (Å²) in [6, 6.07) is 19.7. The van der Waals surface area contributed by atoms with Crippen LogP contribution in [0.15, 0.2) is 71.8 Å². The summed E-state index contributed by atoms with van der Waals surface area (Å²) in [6.45, 7) is 8.76. The van der Waals surface area contributed by atoms with Crippen LogP contribution in [-0.4, -0.2) is 31.3 Å². The number of nitrogens with one attached hydrogen (secondary N) is 1. The lowest BCUT2D eigenvalue weighted by molar-refractivity contribution is -0.123. The summed E-state index contributed by atoms with van der Waals surface area (Å²) in [4.78, 5) is 24.6. The SMILES string of the molecule is CCCCOc1ccc(C(=O)Oc2ccc(/C=N\NC(=O)COc3cc(C)ccc3C(C)C)cc2)cc1. The van der Waals surface area contributed by atoms with E-state index in [1.165, 1.54) is 6.21 Å². The molecule has 0 spiro atoms. The molecule has 0 aliphatic heterocycles. The number of esters is 1. The smallest absolute Gasteiger partial charge is 0.343 e. The highest BCUT2D eigenvalue weighted by molar-refractivity contribution is 5.91. The summed E-state index contributed by atoms with van der Waals surface area (Å²) in [6.07, 6.45) is 3.55. The summed E-state index contributed by atoms with van der Waals surface area (Å²) in [5.41, 5.74) is 5.75. The quantitative estimate of drug-likeness (QED) is 0.107. The van der Waals surface area contributed by atoms with E-state index in [-0.39, 0.29) is 18.4 Å². The molecule has 0 saturated heterocycles. The first-order chi connectivity index (χ1) is 17.9. The number of benzene rings is 3. The predicted octanol–water partition coefficient (Wildman–Crippen LogP) is 6.05. The third-order valence-corrected chi connectivity index (χ3v) is 5.50. The van der Waals surface area contributed by atoms with Gasteiger partial charge in [0.15, 0.2) is 6.61 Å². The van der Waals surface area contributed by atoms with Crippen LogP contribution in [0, 0.1) is 6.92 Å². The second kappa shape index (κ2) is 13.8. The molecule has 3 aromatic rings. The Bertz CT molecular complexity index is 1200. The minimum absolute atomic E-state index is 0.138. The fourth-order valence-electron chi connectivity index (χ4n) is 3.41. The average Bonchev–Trinajstić information content (AvgIpc) is 2.89. The van der Waals surface area contributed by atoms with Crippen molar-refractivity contribution in [1.29, 1.82) is 0 Å². The molecule has 1 amide bonds. The van der Waals surface area contributed by atoms with Crippen LogP contribution in [0.1, 0.15) is 66.6 Å². The molecule has 0 heterocycles. The third kappa shape index (κ3) is 8.79. The van der Waals surface area contributed by atoms with Crippen LogP contribution in [0.5, 0.6) is 17.2 Å². The molecule has 194 valence electrons. The molecule has 0 bridgehead atoms. The van der Waals surface area contributed by atoms with Crippen molar-refractivity contribution in [2.75, 3.05) is 13.2 Å². The van der Waals surface area contributed by atoms with Gasteiger partial charge in [0.2, 0.25) is 0 Å². The van der Waals surface area contributed by atoms with Crippen molar-refractivity contribution in [3.8, 4) is 17.2 Å². The monoisotopic (exact) mass is 502 g/mol. The third-order valence-electron chi connectivity index (χ3n) is 5.50. The Morgan fingerprint density at radius 3 is 2.32 bits per heavy atom. The number of hydrazone groups is 1. The maximum atomic E-state index is 12.4. The normalized spacial score (nSPS) is 10.9. The van der Waals surface area contributed by atoms with Crippen LogP contribution in [0.3, 0.4) is 0 Å². The molecule has 1 N–H and O–H groups in total. The van der Waals surface area contributed by atoms with Crippen molar-refractivity contribution in [3.05, 3.63) is 89.0 Å². The van der Waals surface area contributed by atoms with Gasteiger partial charge in [-0.1, -0.05) is 39.3 Å². The largest absolute Gasteiger partial charge is 0.494 e. The maximum absolute atomic E-state index is 12.4. The molecule has 0 radical (unpaired) electrons. The van der Waals surface area contributed by atoms with E-state index in [0.29, 0.717) is 23.7 Å². The van der Waals surface area contributed by atoms with E-state index in [9.17, 15) is 9.59 Å². The zero-order valence-corrected chi connectivity index (χ0v) is 21.8. The highest BCUT2D eigenvalue weighted by atomic mass is 16.5. The van der Waals surface area contributed by atoms with Crippen molar-refractivity contribution < 1.29 is 23.8 Å². The highest BCUT2D eigenvalue weighted by Gasteiger charge is 2.11. The molecular formula is C30H34N2O5. The number of nitrogens with zero attached hydrogens (tertiary/aromatic N) is 1. The number of hydrogen-bond acceptors (Lipinski definition) is 6. The summed E-state index contributed by atoms with van der Waals surface area (Å²) >= 11 is 0. The number of carbonyl (C=O) groups is 2. The van der Waals surface area contributed by atoms with Gasteiger partial charge < -0.3 is 14.2 Å². The topological polar surface area (TPSA) is 86.2 Å². The Morgan fingerprint density at radius 2 is 1.65 bits per heavy atom. The van der Waals surface area contributed by atoms with Crippen molar-refractivity contribution in [2.24, 2.45) is 5.10 Å². The molecule has 3 aromatic carbocycles. The van der Waals surface area contributed by atoms with E-state index < -0.39 is 5.97 Å². The number of unbranched alkanes of at least 4 members (excludes halogenated alkanes) is 1. The molecule has 0 aliphatic rings. The zero-order valence-electron chi connectivity index (χ0n) is 21.8. The molecule has 0 unspecified atom stereocenters. The minimum atomic E-state index is -0.456. The second-order valence-corrected chi connectivity index (χ2v) is 8.96. The van der Waals surface area contributed by atoms with E-state index >= 15 is 0 Å². The van der Waals surface area contributed by atoms with Gasteiger partial charge in [0.25, 0.3) is 5.91 Å². The first-order valence-electron chi connectivity index (χ1n) is 12.5. The number of rotatable bonds is 12. The first-order valence-corrected chi connectivity index (χ1v) is 12.5. The lowest BCUT2D eigenvalue weighted by Crippen LogP contribution is -2.25. The number of carbonyl (C=O) groups excluding carboxylic acids is 2. The van der Waals surface area contributed by atoms with E-state index in [4.69, 9.17) is 14.2 Å². The average molecular weight is 503 g/mol. The lowest BCUT2D eigenvalue weighted by atomic mass is 10.0. The van der Waals surface area contributed by atoms with Gasteiger partial charge in [-0.2, -0.15) is 5.10 Å². The van der Waals surface area contributed by atoms with E-state index in [2.05, 4.69) is 31.3 Å². The number of aryl methyl sites for hydroxylation is 1. The lowest BCUT2D eigenvalue weighted by Gasteiger charge is -2.14. The zero-order chi connectivity index (χ0) is 26.6. The molecule has 0 atom stereocenters. The predicted molar refractivity (Wildman–Crippen MR) is 145 cm³/mol. The van der Waals surface area contributed by atoms with Crippen molar-refractivity contribution in [2.45, 2.75) is 46.5 Å². The van der Waals surface area contributed by atoms with Crippen LogP contribution < -0.4 is 19.6 Å². The molecular weight excluding hydrogens is 468 g/mol. The first kappa shape index (κ1) is 27.5. The molecule has 7 heteroatoms. The Hall–Kier alpha value is -4.13. The molecule has 0 aromatic heterocycles. The fraction of sp³-hybridized carbons (Fsp3) is 0.300. The Balaban J connectivity index is 1.46. The number of hydrogen-bond donors (Lipinski definition) is 1. The summed E-state index contributed by atoms with van der Waals surface area (Å²) in [5.74, 6) is 1.30. The van der Waals surface area contributed by atoms with Crippen LogP contribution in [0.2, 0.25) is 0 Å². The Labute approximate surface area is 218 Å². The molecule has 0 fully saturated rings. The van der Waals surface area contributed by atoms with Crippen LogP contribution in [0.4, 0.5) is 0 Å². The van der Waals surface area contributed by atoms with E-state index in [0.717, 1.165) is 35.3 Å². The number of ether oxygens (including phenoxy) is 3. The molecule has 7 nitrogen and oxygen atoms in total. The van der Waals surface area contributed by atoms with E-state index in [1.807, 2.05) is 25.1 Å². The second-order valence-electron chi connectivity index (χ2n) is 8.96. The molecule has 3 rings (SSSR count). The van der Waals surface area contributed by atoms with Crippen LogP contribution >= 0.6 is 0 Å². The van der Waals surface area contributed by atoms with Crippen molar-refractivity contribution in [1.82, 2.24) is 5.43 Å². The van der Waals surface area contributed by atoms with Gasteiger partial charge in [-0.15, -0.1) is 0 Å². The molecule has 37 heavy (non-hydrogen) atoms. The summed E-state index contributed by atoms with van der Waals surface area (Å²) in [7, 11) is 0. The van der Waals surface area contributed by atoms with Gasteiger partial charge in [-0.05, 0) is 90.6 Å². The van der Waals surface area contributed by atoms with Crippen LogP contribution in [0.25, 0.3) is 0 Å². The van der Waals surface area contributed by atoms with Crippen molar-refractivity contribution >= 4 is 18.1 Å². The summed E-state index contributed by atoms with van der Waals surface area (Å²) in [5, 5.41) is 3.98. The Morgan fingerprint density at radius 1 is 0.946 bits per heavy atom. The molecule has 0 aliphatic carbocycles. The van der Waals surface area contributed by atoms with Gasteiger partial charge in [-0.3, -0.25) is 4.79 Å². The van der Waals surface area contributed by atoms with Gasteiger partial charge in [0.1, 0.15) is 17.2 Å². The van der Waals surface area contributed by atoms with Gasteiger partial charge in [-0.25, -0.2) is 10.2 Å². The van der Waals surface area contributed by atoms with Crippen molar-refractivity contribution in [3.63, 3.8) is 0 Å². The van der Waals surface area contributed by atoms with E-state index in [1.54, 1.807) is 48.5 Å². The minimum Gasteiger partial charge on any atom is -0.494 e. The maximum Gasteiger partial charge on any atom is 0.343 e. The Kier molecular flexibility index (Phi) is 10.3.